The highest BCUT2D eigenvalue weighted by atomic mass is 16.5. The lowest BCUT2D eigenvalue weighted by Gasteiger charge is -2.41. The Labute approximate surface area is 102 Å². The lowest BCUT2D eigenvalue weighted by atomic mass is 9.68. The van der Waals surface area contributed by atoms with Crippen LogP contribution in [-0.4, -0.2) is 18.5 Å². The smallest absolute Gasteiger partial charge is 0.145 e. The summed E-state index contributed by atoms with van der Waals surface area (Å²) in [5.41, 5.74) is -0.360. The Morgan fingerprint density at radius 1 is 1.35 bits per heavy atom. The van der Waals surface area contributed by atoms with Crippen molar-refractivity contribution in [1.29, 1.82) is 0 Å². The average molecular weight is 234 g/mol. The van der Waals surface area contributed by atoms with Gasteiger partial charge in [-0.1, -0.05) is 6.07 Å². The van der Waals surface area contributed by atoms with Crippen LogP contribution in [0.25, 0.3) is 0 Å². The van der Waals surface area contributed by atoms with Gasteiger partial charge in [-0.2, -0.15) is 0 Å². The van der Waals surface area contributed by atoms with Crippen LogP contribution in [-0.2, 0) is 4.79 Å². The quantitative estimate of drug-likeness (QED) is 0.803. The Morgan fingerprint density at radius 2 is 2.06 bits per heavy atom. The normalized spacial score (nSPS) is 21.8. The second kappa shape index (κ2) is 4.40. The molecule has 0 amide bonds. The van der Waals surface area contributed by atoms with E-state index in [1.165, 1.54) is 0 Å². The summed E-state index contributed by atoms with van der Waals surface area (Å²) in [6.45, 7) is 6.43. The van der Waals surface area contributed by atoms with Gasteiger partial charge in [0, 0.05) is 12.5 Å². The van der Waals surface area contributed by atoms with E-state index in [9.17, 15) is 4.79 Å². The molecule has 0 heterocycles. The number of ketones is 1. The van der Waals surface area contributed by atoms with Gasteiger partial charge in [-0.15, -0.1) is 0 Å². The molecule has 1 unspecified atom stereocenters. The van der Waals surface area contributed by atoms with Crippen molar-refractivity contribution in [2.75, 3.05) is 6.61 Å². The van der Waals surface area contributed by atoms with Crippen molar-refractivity contribution in [2.24, 2.45) is 5.41 Å². The molecule has 1 saturated carbocycles. The van der Waals surface area contributed by atoms with Crippen molar-refractivity contribution in [2.45, 2.75) is 33.3 Å². The second-order valence-electron chi connectivity index (χ2n) is 4.86. The summed E-state index contributed by atoms with van der Waals surface area (Å²) in [7, 11) is 0. The van der Waals surface area contributed by atoms with E-state index in [2.05, 4.69) is 0 Å². The SMILES string of the molecule is CCOc1cccc(OC2CC(=O)C2(C)C)c1. The van der Waals surface area contributed by atoms with Crippen LogP contribution < -0.4 is 9.47 Å². The number of carbonyl (C=O) groups excluding carboxylic acids is 1. The highest BCUT2D eigenvalue weighted by molar-refractivity contribution is 5.91. The maximum atomic E-state index is 11.4. The minimum absolute atomic E-state index is 0.0214. The van der Waals surface area contributed by atoms with Gasteiger partial charge >= 0.3 is 0 Å². The van der Waals surface area contributed by atoms with Gasteiger partial charge in [0.1, 0.15) is 23.4 Å². The molecule has 3 nitrogen and oxygen atoms in total. The van der Waals surface area contributed by atoms with Gasteiger partial charge < -0.3 is 9.47 Å². The first-order valence-electron chi connectivity index (χ1n) is 5.97. The van der Waals surface area contributed by atoms with Gasteiger partial charge in [-0.3, -0.25) is 4.79 Å². The number of carbonyl (C=O) groups is 1. The van der Waals surface area contributed by atoms with E-state index in [0.29, 0.717) is 13.0 Å². The molecular weight excluding hydrogens is 216 g/mol. The molecule has 1 aromatic rings. The standard InChI is InChI=1S/C14H18O3/c1-4-16-10-6-5-7-11(8-10)17-13-9-12(15)14(13,2)3/h5-8,13H,4,9H2,1-3H3. The predicted octanol–water partition coefficient (Wildman–Crippen LogP) is 2.83. The molecule has 0 saturated heterocycles. The number of Topliss-reactive ketones (excluding diaryl/α,β-unsaturated/α-hetero) is 1. The van der Waals surface area contributed by atoms with E-state index in [4.69, 9.17) is 9.47 Å². The van der Waals surface area contributed by atoms with Crippen LogP contribution in [0.5, 0.6) is 11.5 Å². The molecule has 1 aliphatic rings. The summed E-state index contributed by atoms with van der Waals surface area (Å²) in [6.07, 6.45) is 0.484. The van der Waals surface area contributed by atoms with Crippen LogP contribution in [0.4, 0.5) is 0 Å². The molecule has 0 aliphatic heterocycles. The molecule has 1 aromatic carbocycles. The van der Waals surface area contributed by atoms with E-state index in [1.54, 1.807) is 0 Å². The molecule has 2 rings (SSSR count). The third kappa shape index (κ3) is 2.28. The lowest BCUT2D eigenvalue weighted by molar-refractivity contribution is -0.148. The van der Waals surface area contributed by atoms with Crippen molar-refractivity contribution < 1.29 is 14.3 Å². The lowest BCUT2D eigenvalue weighted by Crippen LogP contribution is -2.52. The largest absolute Gasteiger partial charge is 0.494 e. The van der Waals surface area contributed by atoms with Gasteiger partial charge in [0.25, 0.3) is 0 Å². The van der Waals surface area contributed by atoms with Crippen LogP contribution in [0.3, 0.4) is 0 Å². The number of benzene rings is 1. The molecule has 17 heavy (non-hydrogen) atoms. The van der Waals surface area contributed by atoms with Gasteiger partial charge in [-0.25, -0.2) is 0 Å². The van der Waals surface area contributed by atoms with Gasteiger partial charge in [0.2, 0.25) is 0 Å². The van der Waals surface area contributed by atoms with Crippen molar-refractivity contribution in [3.05, 3.63) is 24.3 Å². The van der Waals surface area contributed by atoms with Crippen molar-refractivity contribution in [1.82, 2.24) is 0 Å². The van der Waals surface area contributed by atoms with Crippen molar-refractivity contribution in [3.63, 3.8) is 0 Å². The summed E-state index contributed by atoms with van der Waals surface area (Å²) >= 11 is 0. The number of hydrogen-bond donors (Lipinski definition) is 0. The number of ether oxygens (including phenoxy) is 2. The van der Waals surface area contributed by atoms with Crippen molar-refractivity contribution in [3.8, 4) is 11.5 Å². The molecule has 92 valence electrons. The van der Waals surface area contributed by atoms with E-state index in [-0.39, 0.29) is 17.3 Å². The molecule has 0 aromatic heterocycles. The number of rotatable bonds is 4. The predicted molar refractivity (Wildman–Crippen MR) is 65.4 cm³/mol. The first-order valence-corrected chi connectivity index (χ1v) is 5.97. The fraction of sp³-hybridized carbons (Fsp3) is 0.500. The zero-order valence-electron chi connectivity index (χ0n) is 10.5. The molecule has 0 radical (unpaired) electrons. The van der Waals surface area contributed by atoms with Crippen LogP contribution in [0.1, 0.15) is 27.2 Å². The molecule has 1 atom stereocenters. The molecular formula is C14H18O3. The zero-order valence-corrected chi connectivity index (χ0v) is 10.5. The van der Waals surface area contributed by atoms with Crippen LogP contribution in [0.15, 0.2) is 24.3 Å². The topological polar surface area (TPSA) is 35.5 Å². The summed E-state index contributed by atoms with van der Waals surface area (Å²) in [5, 5.41) is 0. The summed E-state index contributed by atoms with van der Waals surface area (Å²) in [6, 6.07) is 7.55. The van der Waals surface area contributed by atoms with E-state index in [1.807, 2.05) is 45.0 Å². The third-order valence-corrected chi connectivity index (χ3v) is 3.29. The van der Waals surface area contributed by atoms with E-state index >= 15 is 0 Å². The monoisotopic (exact) mass is 234 g/mol. The average Bonchev–Trinajstić information content (AvgIpc) is 2.30. The fourth-order valence-corrected chi connectivity index (χ4v) is 1.89. The second-order valence-corrected chi connectivity index (χ2v) is 4.86. The Bertz CT molecular complexity index is 423. The van der Waals surface area contributed by atoms with E-state index < -0.39 is 0 Å². The molecule has 0 bridgehead atoms. The molecule has 3 heteroatoms. The highest BCUT2D eigenvalue weighted by Crippen LogP contribution is 2.39. The van der Waals surface area contributed by atoms with Gasteiger partial charge in [0.05, 0.1) is 12.0 Å². The first kappa shape index (κ1) is 12.0. The Morgan fingerprint density at radius 3 is 2.65 bits per heavy atom. The van der Waals surface area contributed by atoms with E-state index in [0.717, 1.165) is 11.5 Å². The van der Waals surface area contributed by atoms with Gasteiger partial charge in [-0.05, 0) is 32.9 Å². The Balaban J connectivity index is 2.04. The van der Waals surface area contributed by atoms with Crippen LogP contribution >= 0.6 is 0 Å². The Kier molecular flexibility index (Phi) is 3.09. The Hall–Kier alpha value is -1.51. The first-order chi connectivity index (χ1) is 8.04. The zero-order chi connectivity index (χ0) is 12.5. The summed E-state index contributed by atoms with van der Waals surface area (Å²) < 4.78 is 11.2. The maximum Gasteiger partial charge on any atom is 0.145 e. The summed E-state index contributed by atoms with van der Waals surface area (Å²) in [4.78, 5) is 11.4. The third-order valence-electron chi connectivity index (χ3n) is 3.29. The van der Waals surface area contributed by atoms with Crippen LogP contribution in [0.2, 0.25) is 0 Å². The minimum Gasteiger partial charge on any atom is -0.494 e. The minimum atomic E-state index is -0.360. The molecule has 0 spiro atoms. The van der Waals surface area contributed by atoms with Gasteiger partial charge in [0.15, 0.2) is 0 Å². The van der Waals surface area contributed by atoms with Crippen LogP contribution in [0, 0.1) is 5.41 Å². The highest BCUT2D eigenvalue weighted by Gasteiger charge is 2.49. The summed E-state index contributed by atoms with van der Waals surface area (Å²) in [5.74, 6) is 1.83. The fourth-order valence-electron chi connectivity index (χ4n) is 1.89. The van der Waals surface area contributed by atoms with Crippen molar-refractivity contribution >= 4 is 5.78 Å². The molecule has 1 aliphatic carbocycles. The molecule has 0 N–H and O–H groups in total. The maximum absolute atomic E-state index is 11.4. The molecule has 1 fully saturated rings. The number of hydrogen-bond acceptors (Lipinski definition) is 3.